The van der Waals surface area contributed by atoms with Crippen LogP contribution in [0, 0.1) is 17.1 Å². The maximum absolute atomic E-state index is 14.1. The summed E-state index contributed by atoms with van der Waals surface area (Å²) in [5.41, 5.74) is 0.803. The number of benzene rings is 2. The van der Waals surface area contributed by atoms with E-state index in [1.54, 1.807) is 38.1 Å². The number of halogens is 1. The Hall–Kier alpha value is -2.76. The summed E-state index contributed by atoms with van der Waals surface area (Å²) >= 11 is 0. The second-order valence-corrected chi connectivity index (χ2v) is 7.49. The van der Waals surface area contributed by atoms with Crippen LogP contribution >= 0.6 is 0 Å². The van der Waals surface area contributed by atoms with Crippen LogP contribution in [-0.4, -0.2) is 31.8 Å². The second-order valence-electron chi connectivity index (χ2n) is 5.58. The summed E-state index contributed by atoms with van der Waals surface area (Å²) in [5, 5.41) is 9.05. The molecule has 0 amide bonds. The molecule has 0 N–H and O–H groups in total. The van der Waals surface area contributed by atoms with Crippen molar-refractivity contribution in [2.75, 3.05) is 13.1 Å². The summed E-state index contributed by atoms with van der Waals surface area (Å²) in [7, 11) is -4.06. The molecule has 0 unspecified atom stereocenters. The quantitative estimate of drug-likeness (QED) is 0.678. The van der Waals surface area contributed by atoms with Gasteiger partial charge in [0.05, 0.1) is 17.2 Å². The predicted molar refractivity (Wildman–Crippen MR) is 96.8 cm³/mol. The molecule has 0 bridgehead atoms. The van der Waals surface area contributed by atoms with Gasteiger partial charge in [-0.3, -0.25) is 0 Å². The number of carbonyl (C=O) groups is 1. The van der Waals surface area contributed by atoms with Gasteiger partial charge < -0.3 is 4.74 Å². The normalized spacial score (nSPS) is 11.2. The van der Waals surface area contributed by atoms with Gasteiger partial charge in [-0.1, -0.05) is 32.0 Å². The van der Waals surface area contributed by atoms with Gasteiger partial charge in [0.2, 0.25) is 10.0 Å². The van der Waals surface area contributed by atoms with E-state index in [0.29, 0.717) is 11.1 Å². The van der Waals surface area contributed by atoms with Crippen LogP contribution < -0.4 is 0 Å². The molecule has 0 aliphatic carbocycles. The molecule has 6 nitrogen and oxygen atoms in total. The Morgan fingerprint density at radius 3 is 2.48 bits per heavy atom. The summed E-state index contributed by atoms with van der Waals surface area (Å²) in [5.74, 6) is -1.74. The zero-order valence-electron chi connectivity index (χ0n) is 15.0. The molecular formula is C19H19FN2O4S. The fraction of sp³-hybridized carbons (Fsp3) is 0.263. The Bertz CT molecular complexity index is 979. The summed E-state index contributed by atoms with van der Waals surface area (Å²) in [6.45, 7) is 3.49. The molecule has 0 saturated heterocycles. The Kier molecular flexibility index (Phi) is 6.66. The minimum Gasteiger partial charge on any atom is -0.457 e. The molecule has 2 aromatic rings. The lowest BCUT2D eigenvalue weighted by atomic mass is 10.1. The van der Waals surface area contributed by atoms with Crippen LogP contribution in [0.2, 0.25) is 0 Å². The summed E-state index contributed by atoms with van der Waals surface area (Å²) < 4.78 is 45.5. The van der Waals surface area contributed by atoms with Gasteiger partial charge in [0.25, 0.3) is 0 Å². The van der Waals surface area contributed by atoms with E-state index in [9.17, 15) is 17.6 Å². The van der Waals surface area contributed by atoms with Gasteiger partial charge in [-0.25, -0.2) is 17.6 Å². The standard InChI is InChI=1S/C19H19FN2O4S/c1-3-22(4-2)27(24,25)18-11-14(9-10-17(18)20)19(23)26-13-16-8-6-5-7-15(16)12-21/h5-11H,3-4,13H2,1-2H3. The molecule has 142 valence electrons. The number of ether oxygens (including phenoxy) is 1. The monoisotopic (exact) mass is 390 g/mol. The van der Waals surface area contributed by atoms with Crippen molar-refractivity contribution in [3.8, 4) is 6.07 Å². The van der Waals surface area contributed by atoms with Crippen LogP contribution in [0.5, 0.6) is 0 Å². The van der Waals surface area contributed by atoms with Gasteiger partial charge in [-0.05, 0) is 24.3 Å². The molecule has 0 atom stereocenters. The molecule has 0 aliphatic heterocycles. The highest BCUT2D eigenvalue weighted by molar-refractivity contribution is 7.89. The number of rotatable bonds is 7. The van der Waals surface area contributed by atoms with Crippen LogP contribution in [0.15, 0.2) is 47.4 Å². The smallest absolute Gasteiger partial charge is 0.338 e. The third-order valence-electron chi connectivity index (χ3n) is 3.99. The lowest BCUT2D eigenvalue weighted by Crippen LogP contribution is -2.31. The molecule has 0 aromatic heterocycles. The number of carbonyl (C=O) groups excluding carboxylic acids is 1. The Labute approximate surface area is 157 Å². The number of nitrogens with zero attached hydrogens (tertiary/aromatic N) is 2. The van der Waals surface area contributed by atoms with Crippen molar-refractivity contribution < 1.29 is 22.3 Å². The highest BCUT2D eigenvalue weighted by Gasteiger charge is 2.26. The molecule has 0 aliphatic rings. The fourth-order valence-corrected chi connectivity index (χ4v) is 4.06. The van der Waals surface area contributed by atoms with Crippen LogP contribution in [-0.2, 0) is 21.4 Å². The van der Waals surface area contributed by atoms with Crippen LogP contribution in [0.25, 0.3) is 0 Å². The van der Waals surface area contributed by atoms with Crippen LogP contribution in [0.4, 0.5) is 4.39 Å². The zero-order chi connectivity index (χ0) is 20.0. The average molecular weight is 390 g/mol. The van der Waals surface area contributed by atoms with Gasteiger partial charge in [0.1, 0.15) is 17.3 Å². The molecule has 0 fully saturated rings. The first-order chi connectivity index (χ1) is 12.8. The van der Waals surface area contributed by atoms with E-state index < -0.39 is 26.7 Å². The Morgan fingerprint density at radius 2 is 1.85 bits per heavy atom. The molecular weight excluding hydrogens is 371 g/mol. The first-order valence-corrected chi connectivity index (χ1v) is 9.74. The lowest BCUT2D eigenvalue weighted by molar-refractivity contribution is 0.0472. The third kappa shape index (κ3) is 4.51. The first kappa shape index (κ1) is 20.6. The third-order valence-corrected chi connectivity index (χ3v) is 6.05. The van der Waals surface area contributed by atoms with Crippen molar-refractivity contribution in [3.05, 3.63) is 65.0 Å². The lowest BCUT2D eigenvalue weighted by Gasteiger charge is -2.19. The topological polar surface area (TPSA) is 87.5 Å². The highest BCUT2D eigenvalue weighted by atomic mass is 32.2. The van der Waals surface area contributed by atoms with Gasteiger partial charge >= 0.3 is 5.97 Å². The van der Waals surface area contributed by atoms with Crippen LogP contribution in [0.1, 0.15) is 35.3 Å². The zero-order valence-corrected chi connectivity index (χ0v) is 15.8. The van der Waals surface area contributed by atoms with E-state index in [1.165, 1.54) is 0 Å². The Morgan fingerprint density at radius 1 is 1.19 bits per heavy atom. The first-order valence-electron chi connectivity index (χ1n) is 8.30. The number of hydrogen-bond donors (Lipinski definition) is 0. The average Bonchev–Trinajstić information content (AvgIpc) is 2.67. The second kappa shape index (κ2) is 8.75. The van der Waals surface area contributed by atoms with E-state index in [2.05, 4.69) is 0 Å². The molecule has 8 heteroatoms. The van der Waals surface area contributed by atoms with E-state index in [4.69, 9.17) is 10.00 Å². The van der Waals surface area contributed by atoms with Crippen molar-refractivity contribution in [2.45, 2.75) is 25.3 Å². The van der Waals surface area contributed by atoms with E-state index in [1.807, 2.05) is 6.07 Å². The molecule has 27 heavy (non-hydrogen) atoms. The van der Waals surface area contributed by atoms with E-state index >= 15 is 0 Å². The van der Waals surface area contributed by atoms with E-state index in [-0.39, 0.29) is 25.3 Å². The van der Waals surface area contributed by atoms with Crippen molar-refractivity contribution in [1.29, 1.82) is 5.26 Å². The summed E-state index contributed by atoms with van der Waals surface area (Å²) in [6, 6.07) is 11.7. The SMILES string of the molecule is CCN(CC)S(=O)(=O)c1cc(C(=O)OCc2ccccc2C#N)ccc1F. The van der Waals surface area contributed by atoms with Gasteiger partial charge in [-0.15, -0.1) is 0 Å². The van der Waals surface area contributed by atoms with Crippen molar-refractivity contribution >= 4 is 16.0 Å². The minimum absolute atomic E-state index is 0.0865. The highest BCUT2D eigenvalue weighted by Crippen LogP contribution is 2.21. The van der Waals surface area contributed by atoms with Crippen molar-refractivity contribution in [1.82, 2.24) is 4.31 Å². The molecule has 2 rings (SSSR count). The summed E-state index contributed by atoms with van der Waals surface area (Å²) in [6.07, 6.45) is 0. The Balaban J connectivity index is 2.27. The number of esters is 1. The maximum atomic E-state index is 14.1. The van der Waals surface area contributed by atoms with Crippen molar-refractivity contribution in [2.24, 2.45) is 0 Å². The molecule has 0 spiro atoms. The number of sulfonamides is 1. The molecule has 0 radical (unpaired) electrons. The van der Waals surface area contributed by atoms with Crippen molar-refractivity contribution in [3.63, 3.8) is 0 Å². The number of nitriles is 1. The number of hydrogen-bond acceptors (Lipinski definition) is 5. The van der Waals surface area contributed by atoms with Gasteiger partial charge in [0, 0.05) is 18.7 Å². The fourth-order valence-electron chi connectivity index (χ4n) is 2.51. The van der Waals surface area contributed by atoms with Crippen LogP contribution in [0.3, 0.4) is 0 Å². The molecule has 0 heterocycles. The minimum atomic E-state index is -4.06. The molecule has 2 aromatic carbocycles. The summed E-state index contributed by atoms with van der Waals surface area (Å²) in [4.78, 5) is 11.7. The maximum Gasteiger partial charge on any atom is 0.338 e. The predicted octanol–water partition coefficient (Wildman–Crippen LogP) is 3.08. The largest absolute Gasteiger partial charge is 0.457 e. The van der Waals surface area contributed by atoms with Gasteiger partial charge in [-0.2, -0.15) is 9.57 Å². The van der Waals surface area contributed by atoms with Gasteiger partial charge in [0.15, 0.2) is 0 Å². The molecule has 0 saturated carbocycles. The van der Waals surface area contributed by atoms with E-state index in [0.717, 1.165) is 22.5 Å².